The van der Waals surface area contributed by atoms with Gasteiger partial charge in [-0.05, 0) is 10.6 Å². The van der Waals surface area contributed by atoms with Gasteiger partial charge in [0, 0.05) is 0 Å². The summed E-state index contributed by atoms with van der Waals surface area (Å²) in [5, 5.41) is 0.320. The normalized spacial score (nSPS) is 14.6. The smallest absolute Gasteiger partial charge is 0.119 e. The van der Waals surface area contributed by atoms with Crippen LogP contribution in [0.2, 0.25) is 0 Å². The van der Waals surface area contributed by atoms with Crippen molar-refractivity contribution in [3.8, 4) is 0 Å². The molecule has 0 fully saturated rings. The van der Waals surface area contributed by atoms with Crippen LogP contribution < -0.4 is 0 Å². The van der Waals surface area contributed by atoms with E-state index in [9.17, 15) is 0 Å². The summed E-state index contributed by atoms with van der Waals surface area (Å²) >= 11 is 19.9. The summed E-state index contributed by atoms with van der Waals surface area (Å²) < 4.78 is -4.03. The van der Waals surface area contributed by atoms with Crippen LogP contribution in [0.3, 0.4) is 0 Å². The molecule has 0 N–H and O–H groups in total. The van der Waals surface area contributed by atoms with Gasteiger partial charge in [0.25, 0.3) is 0.163 Å². The second-order valence-corrected chi connectivity index (χ2v) is 115. The molecule has 0 atom stereocenters. The lowest BCUT2D eigenvalue weighted by Crippen LogP contribution is -2.69. The third kappa shape index (κ3) is 4.78. The van der Waals surface area contributed by atoms with Crippen LogP contribution in [0.1, 0.15) is 19.4 Å². The van der Waals surface area contributed by atoms with Crippen molar-refractivity contribution >= 4 is 157 Å². The summed E-state index contributed by atoms with van der Waals surface area (Å²) in [6, 6.07) is 11.2. The Labute approximate surface area is 207 Å². The van der Waals surface area contributed by atoms with Crippen LogP contribution in [-0.2, 0) is 5.04 Å². The first kappa shape index (κ1) is 22.0. The predicted molar refractivity (Wildman–Crippen MR) is 155 cm³/mol. The van der Waals surface area contributed by atoms with Gasteiger partial charge in [0.05, 0.1) is 0 Å². The molecule has 0 unspecified atom stereocenters. The molecule has 0 nitrogen and oxygen atoms in total. The van der Waals surface area contributed by atoms with E-state index in [1.165, 1.54) is 5.56 Å². The van der Waals surface area contributed by atoms with Crippen LogP contribution in [0.4, 0.5) is 0 Å². The van der Waals surface area contributed by atoms with E-state index in [4.69, 9.17) is 0 Å². The Bertz CT molecular complexity index is 423. The number of benzene rings is 1. The van der Waals surface area contributed by atoms with Gasteiger partial charge in [-0.1, -0.05) is 175 Å². The highest BCUT2D eigenvalue weighted by Gasteiger charge is 2.69. The van der Waals surface area contributed by atoms with E-state index in [1.807, 2.05) is 0 Å². The van der Waals surface area contributed by atoms with E-state index in [0.29, 0.717) is 5.04 Å². The van der Waals surface area contributed by atoms with Gasteiger partial charge in [-0.25, -0.2) is 0 Å². The minimum Gasteiger partial charge on any atom is -0.119 e. The molecule has 0 bridgehead atoms. The Hall–Kier alpha value is 4.98. The molecular formula is C9H11I7Si3. The van der Waals surface area contributed by atoms with Gasteiger partial charge in [-0.3, -0.25) is 0 Å². The Kier molecular flexibility index (Phi) is 9.41. The Morgan fingerprint density at radius 1 is 0.737 bits per heavy atom. The van der Waals surface area contributed by atoms with Crippen LogP contribution >= 0.6 is 153 Å². The average Bonchev–Trinajstić information content (AvgIpc) is 2.26. The Morgan fingerprint density at radius 2 is 1.11 bits per heavy atom. The highest BCUT2D eigenvalue weighted by molar-refractivity contribution is 14.4. The third-order valence-electron chi connectivity index (χ3n) is 3.14. The first-order valence-corrected chi connectivity index (χ1v) is 35.0. The highest BCUT2D eigenvalue weighted by atomic mass is 127. The topological polar surface area (TPSA) is 0 Å². The molecule has 0 amide bonds. The number of hydrogen-bond acceptors (Lipinski definition) is 0. The van der Waals surface area contributed by atoms with E-state index in [0.717, 1.165) is 0 Å². The molecule has 1 rings (SSSR count). The first-order valence-electron chi connectivity index (χ1n) is 5.23. The van der Waals surface area contributed by atoms with Crippen molar-refractivity contribution in [1.82, 2.24) is 0 Å². The number of rotatable bonds is 4. The fourth-order valence-corrected chi connectivity index (χ4v) is 241. The maximum Gasteiger partial charge on any atom is 0.254 e. The van der Waals surface area contributed by atoms with Crippen molar-refractivity contribution in [3.05, 3.63) is 35.9 Å². The molecule has 19 heavy (non-hydrogen) atoms. The standard InChI is InChI=1S/C9H11I7Si3/c1-9(2,8-6-4-3-5-7-8)17(10,18(11,12)13)19(14,15)16/h3-7H,1-2H3. The lowest BCUT2D eigenvalue weighted by Gasteiger charge is -2.48. The SMILES string of the molecule is CC(C)(c1ccccc1)[Si](I)([Si](I)(I)I)[Si](I)(I)I. The summed E-state index contributed by atoms with van der Waals surface area (Å²) in [4.78, 5) is 0. The molecule has 0 spiro atoms. The van der Waals surface area contributed by atoms with Crippen LogP contribution in [0.5, 0.6) is 0 Å². The lowest BCUT2D eigenvalue weighted by molar-refractivity contribution is 0.753. The number of hydrogen-bond donors (Lipinski definition) is 0. The molecule has 10 heteroatoms. The van der Waals surface area contributed by atoms with Crippen LogP contribution in [0.15, 0.2) is 30.3 Å². The summed E-state index contributed by atoms with van der Waals surface area (Å²) in [5.41, 5.74) is 1.53. The van der Waals surface area contributed by atoms with Crippen LogP contribution in [0, 0.1) is 0 Å². The molecule has 0 saturated heterocycles. The third-order valence-corrected chi connectivity index (χ3v) is 167. The molecule has 1 aromatic rings. The fraction of sp³-hybridized carbons (Fsp3) is 0.333. The minimum absolute atomic E-state index is 0.320. The van der Waals surface area contributed by atoms with Crippen LogP contribution in [0.25, 0.3) is 0 Å². The van der Waals surface area contributed by atoms with Gasteiger partial charge in [0.1, 0.15) is 0 Å². The average molecular weight is 1090 g/mol. The van der Waals surface area contributed by atoms with Crippen molar-refractivity contribution in [3.63, 3.8) is 0 Å². The Morgan fingerprint density at radius 3 is 1.42 bits per heavy atom. The molecule has 0 aliphatic heterocycles. The highest BCUT2D eigenvalue weighted by Crippen LogP contribution is 2.61. The van der Waals surface area contributed by atoms with Crippen molar-refractivity contribution in [2.45, 2.75) is 18.9 Å². The molecule has 108 valence electrons. The monoisotopic (exact) mass is 1090 g/mol. The summed E-state index contributed by atoms with van der Waals surface area (Å²) in [6.07, 6.45) is 0. The van der Waals surface area contributed by atoms with E-state index >= 15 is 0 Å². The molecule has 0 aromatic heterocycles. The van der Waals surface area contributed by atoms with Gasteiger partial charge in [0.2, 0.25) is 0 Å². The van der Waals surface area contributed by atoms with Gasteiger partial charge >= 0.3 is 0 Å². The van der Waals surface area contributed by atoms with Crippen molar-refractivity contribution in [2.24, 2.45) is 0 Å². The zero-order valence-corrected chi connectivity index (χ0v) is 28.1. The lowest BCUT2D eigenvalue weighted by atomic mass is 10.0. The molecule has 0 heterocycles. The fourth-order valence-electron chi connectivity index (χ4n) is 1.92. The van der Waals surface area contributed by atoms with E-state index in [-0.39, 0.29) is 0 Å². The quantitative estimate of drug-likeness (QED) is 0.167. The van der Waals surface area contributed by atoms with E-state index < -0.39 is 4.77 Å². The number of halogens is 7. The maximum atomic E-state index is 2.95. The molecule has 0 radical (unpaired) electrons. The van der Waals surface area contributed by atoms with Gasteiger partial charge in [0.15, 0.2) is 4.61 Å². The second kappa shape index (κ2) is 8.12. The van der Waals surface area contributed by atoms with E-state index in [2.05, 4.69) is 197 Å². The minimum atomic E-state index is -1.45. The summed E-state index contributed by atoms with van der Waals surface area (Å²) in [7, 11) is 0. The molecule has 0 aliphatic carbocycles. The molecular weight excluding hydrogens is 1080 g/mol. The first-order chi connectivity index (χ1) is 8.36. The van der Waals surface area contributed by atoms with E-state index in [1.54, 1.807) is 0 Å². The predicted octanol–water partition coefficient (Wildman–Crippen LogP) is 7.53. The van der Waals surface area contributed by atoms with Crippen molar-refractivity contribution in [1.29, 1.82) is 0 Å². The second-order valence-electron chi connectivity index (χ2n) is 4.65. The van der Waals surface area contributed by atoms with Gasteiger partial charge < -0.3 is 0 Å². The molecule has 0 aliphatic rings. The zero-order valence-electron chi connectivity index (χ0n) is 10.0. The summed E-state index contributed by atoms with van der Waals surface area (Å²) in [5.74, 6) is 0. The van der Waals surface area contributed by atoms with Gasteiger partial charge in [-0.15, -0.1) is 21.8 Å². The molecule has 0 saturated carbocycles. The van der Waals surface area contributed by atoms with Crippen molar-refractivity contribution in [2.75, 3.05) is 0 Å². The largest absolute Gasteiger partial charge is 0.254 e. The zero-order chi connectivity index (χ0) is 15.1. The van der Waals surface area contributed by atoms with Crippen LogP contribution in [-0.4, -0.2) is 4.77 Å². The summed E-state index contributed by atoms with van der Waals surface area (Å²) in [6.45, 7) is 4.99. The Balaban J connectivity index is 3.51. The van der Waals surface area contributed by atoms with Crippen molar-refractivity contribution < 1.29 is 0 Å². The van der Waals surface area contributed by atoms with Gasteiger partial charge in [-0.2, -0.15) is 0 Å². The maximum absolute atomic E-state index is 2.95. The molecule has 1 aromatic carbocycles.